The summed E-state index contributed by atoms with van der Waals surface area (Å²) < 4.78 is 1.04. The van der Waals surface area contributed by atoms with E-state index in [0.717, 1.165) is 20.7 Å². The highest BCUT2D eigenvalue weighted by molar-refractivity contribution is 9.10. The molecule has 5 heteroatoms. The average Bonchev–Trinajstić information content (AvgIpc) is 3.01. The van der Waals surface area contributed by atoms with Gasteiger partial charge >= 0.3 is 0 Å². The Balaban J connectivity index is 2.06. The largest absolute Gasteiger partial charge is 0.258 e. The van der Waals surface area contributed by atoms with Gasteiger partial charge in [0.05, 0.1) is 4.88 Å². The van der Waals surface area contributed by atoms with Gasteiger partial charge in [-0.25, -0.2) is 4.98 Å². The minimum atomic E-state index is 0.717. The van der Waals surface area contributed by atoms with E-state index in [1.54, 1.807) is 11.3 Å². The van der Waals surface area contributed by atoms with Crippen LogP contribution >= 0.6 is 27.3 Å². The summed E-state index contributed by atoms with van der Waals surface area (Å²) in [5.74, 6) is 1.53. The van der Waals surface area contributed by atoms with Gasteiger partial charge in [0.2, 0.25) is 0 Å². The Morgan fingerprint density at radius 1 is 1.22 bits per heavy atom. The number of hydrogen-bond acceptors (Lipinski definition) is 3. The lowest BCUT2D eigenvalue weighted by Crippen LogP contribution is -1.85. The lowest BCUT2D eigenvalue weighted by molar-refractivity contribution is 1.10. The van der Waals surface area contributed by atoms with Gasteiger partial charge in [0, 0.05) is 10.0 Å². The van der Waals surface area contributed by atoms with Crippen LogP contribution in [0.5, 0.6) is 0 Å². The average molecular weight is 320 g/mol. The summed E-state index contributed by atoms with van der Waals surface area (Å²) in [5, 5.41) is 9.29. The SMILES string of the molecule is Cc1cccc(-c2n[nH]c(-c3cccs3)n2)c1Br. The van der Waals surface area contributed by atoms with Crippen LogP contribution < -0.4 is 0 Å². The summed E-state index contributed by atoms with van der Waals surface area (Å²) in [7, 11) is 0. The van der Waals surface area contributed by atoms with Gasteiger partial charge in [0.25, 0.3) is 0 Å². The molecule has 3 rings (SSSR count). The summed E-state index contributed by atoms with van der Waals surface area (Å²) in [6.45, 7) is 2.06. The van der Waals surface area contributed by atoms with E-state index in [4.69, 9.17) is 0 Å². The highest BCUT2D eigenvalue weighted by Crippen LogP contribution is 2.30. The molecule has 0 aliphatic heterocycles. The summed E-state index contributed by atoms with van der Waals surface area (Å²) >= 11 is 5.23. The maximum Gasteiger partial charge on any atom is 0.182 e. The first-order valence-electron chi connectivity index (χ1n) is 5.47. The number of aromatic amines is 1. The van der Waals surface area contributed by atoms with Crippen LogP contribution in [0.3, 0.4) is 0 Å². The number of H-pyrrole nitrogens is 1. The van der Waals surface area contributed by atoms with E-state index in [1.807, 2.05) is 29.6 Å². The van der Waals surface area contributed by atoms with Crippen molar-refractivity contribution in [3.05, 3.63) is 45.7 Å². The van der Waals surface area contributed by atoms with E-state index in [2.05, 4.69) is 44.1 Å². The smallest absolute Gasteiger partial charge is 0.182 e. The quantitative estimate of drug-likeness (QED) is 0.766. The molecule has 18 heavy (non-hydrogen) atoms. The zero-order valence-electron chi connectivity index (χ0n) is 9.64. The molecule has 0 saturated heterocycles. The predicted molar refractivity (Wildman–Crippen MR) is 77.6 cm³/mol. The van der Waals surface area contributed by atoms with Gasteiger partial charge in [-0.05, 0) is 45.9 Å². The third-order valence-corrected chi connectivity index (χ3v) is 4.60. The maximum absolute atomic E-state index is 4.54. The fourth-order valence-electron chi connectivity index (χ4n) is 1.73. The van der Waals surface area contributed by atoms with E-state index >= 15 is 0 Å². The van der Waals surface area contributed by atoms with E-state index in [-0.39, 0.29) is 0 Å². The van der Waals surface area contributed by atoms with Gasteiger partial charge in [-0.3, -0.25) is 5.10 Å². The number of hydrogen-bond donors (Lipinski definition) is 1. The molecule has 3 aromatic rings. The summed E-state index contributed by atoms with van der Waals surface area (Å²) in [5.41, 5.74) is 2.18. The van der Waals surface area contributed by atoms with Crippen LogP contribution in [0.1, 0.15) is 5.56 Å². The molecule has 0 bridgehead atoms. The summed E-state index contributed by atoms with van der Waals surface area (Å²) in [6.07, 6.45) is 0. The van der Waals surface area contributed by atoms with Crippen molar-refractivity contribution < 1.29 is 0 Å². The molecular formula is C13H10BrN3S. The number of rotatable bonds is 2. The normalized spacial score (nSPS) is 10.8. The summed E-state index contributed by atoms with van der Waals surface area (Å²) in [4.78, 5) is 5.63. The van der Waals surface area contributed by atoms with Gasteiger partial charge < -0.3 is 0 Å². The minimum Gasteiger partial charge on any atom is -0.258 e. The van der Waals surface area contributed by atoms with Crippen molar-refractivity contribution in [1.82, 2.24) is 15.2 Å². The number of nitrogens with zero attached hydrogens (tertiary/aromatic N) is 2. The molecule has 0 saturated carbocycles. The van der Waals surface area contributed by atoms with Crippen LogP contribution in [0.2, 0.25) is 0 Å². The van der Waals surface area contributed by atoms with Crippen LogP contribution in [0.25, 0.3) is 22.1 Å². The van der Waals surface area contributed by atoms with Gasteiger partial charge in [0.15, 0.2) is 11.6 Å². The van der Waals surface area contributed by atoms with Crippen molar-refractivity contribution in [2.75, 3.05) is 0 Å². The number of thiophene rings is 1. The second-order valence-corrected chi connectivity index (χ2v) is 5.66. The van der Waals surface area contributed by atoms with Crippen molar-refractivity contribution in [3.63, 3.8) is 0 Å². The molecule has 0 amide bonds. The highest BCUT2D eigenvalue weighted by atomic mass is 79.9. The number of nitrogens with one attached hydrogen (secondary N) is 1. The Morgan fingerprint density at radius 2 is 2.11 bits per heavy atom. The molecule has 0 unspecified atom stereocenters. The Bertz CT molecular complexity index is 673. The molecule has 1 N–H and O–H groups in total. The van der Waals surface area contributed by atoms with Crippen molar-refractivity contribution in [2.24, 2.45) is 0 Å². The molecular weight excluding hydrogens is 310 g/mol. The van der Waals surface area contributed by atoms with Crippen molar-refractivity contribution in [3.8, 4) is 22.1 Å². The third-order valence-electron chi connectivity index (χ3n) is 2.67. The Hall–Kier alpha value is -1.46. The monoisotopic (exact) mass is 319 g/mol. The number of benzene rings is 1. The van der Waals surface area contributed by atoms with E-state index in [9.17, 15) is 0 Å². The molecule has 0 spiro atoms. The highest BCUT2D eigenvalue weighted by Gasteiger charge is 2.11. The molecule has 2 aromatic heterocycles. The van der Waals surface area contributed by atoms with Crippen LogP contribution in [0, 0.1) is 6.92 Å². The van der Waals surface area contributed by atoms with Gasteiger partial charge in [-0.15, -0.1) is 11.3 Å². The van der Waals surface area contributed by atoms with Crippen LogP contribution in [-0.2, 0) is 0 Å². The predicted octanol–water partition coefficient (Wildman–Crippen LogP) is 4.27. The Morgan fingerprint density at radius 3 is 2.89 bits per heavy atom. The second kappa shape index (κ2) is 4.66. The molecule has 1 aromatic carbocycles. The van der Waals surface area contributed by atoms with Gasteiger partial charge in [-0.2, -0.15) is 5.10 Å². The first-order valence-corrected chi connectivity index (χ1v) is 7.15. The maximum atomic E-state index is 4.54. The first kappa shape index (κ1) is 11.6. The van der Waals surface area contributed by atoms with Crippen molar-refractivity contribution in [1.29, 1.82) is 0 Å². The number of aryl methyl sites for hydroxylation is 1. The fourth-order valence-corrected chi connectivity index (χ4v) is 2.83. The molecule has 90 valence electrons. The van der Waals surface area contributed by atoms with Crippen molar-refractivity contribution >= 4 is 27.3 Å². The van der Waals surface area contributed by atoms with Crippen molar-refractivity contribution in [2.45, 2.75) is 6.92 Å². The standard InChI is InChI=1S/C13H10BrN3S/c1-8-4-2-5-9(11(8)14)12-15-13(17-16-12)10-6-3-7-18-10/h2-7H,1H3,(H,15,16,17). The molecule has 0 fully saturated rings. The van der Waals surface area contributed by atoms with E-state index in [0.29, 0.717) is 5.82 Å². The van der Waals surface area contributed by atoms with Gasteiger partial charge in [0.1, 0.15) is 0 Å². The molecule has 0 atom stereocenters. The topological polar surface area (TPSA) is 41.6 Å². The Labute approximate surface area is 117 Å². The molecule has 3 nitrogen and oxygen atoms in total. The molecule has 0 aliphatic rings. The lowest BCUT2D eigenvalue weighted by Gasteiger charge is -2.02. The van der Waals surface area contributed by atoms with Crippen LogP contribution in [0.4, 0.5) is 0 Å². The molecule has 0 aliphatic carbocycles. The summed E-state index contributed by atoms with van der Waals surface area (Å²) in [6, 6.07) is 10.1. The van der Waals surface area contributed by atoms with E-state index < -0.39 is 0 Å². The fraction of sp³-hybridized carbons (Fsp3) is 0.0769. The van der Waals surface area contributed by atoms with Gasteiger partial charge in [-0.1, -0.05) is 18.2 Å². The zero-order chi connectivity index (χ0) is 12.5. The second-order valence-electron chi connectivity index (χ2n) is 3.92. The number of halogens is 1. The minimum absolute atomic E-state index is 0.717. The van der Waals surface area contributed by atoms with E-state index in [1.165, 1.54) is 5.56 Å². The third kappa shape index (κ3) is 2.00. The first-order chi connectivity index (χ1) is 8.75. The number of aromatic nitrogens is 3. The lowest BCUT2D eigenvalue weighted by atomic mass is 10.1. The Kier molecular flexibility index (Phi) is 3.01. The van der Waals surface area contributed by atoms with Crippen LogP contribution in [-0.4, -0.2) is 15.2 Å². The molecule has 0 radical (unpaired) electrons. The zero-order valence-corrected chi connectivity index (χ0v) is 12.0. The van der Waals surface area contributed by atoms with Crippen LogP contribution in [0.15, 0.2) is 40.2 Å². The molecule has 2 heterocycles.